The molecule has 1 aliphatic carbocycles. The van der Waals surface area contributed by atoms with E-state index in [1.807, 2.05) is 12.3 Å². The Labute approximate surface area is 102 Å². The lowest BCUT2D eigenvalue weighted by Gasteiger charge is -2.18. The third-order valence-electron chi connectivity index (χ3n) is 3.45. The molecule has 1 fully saturated rings. The van der Waals surface area contributed by atoms with E-state index in [-0.39, 0.29) is 0 Å². The maximum atomic E-state index is 6.14. The molecule has 0 aliphatic heterocycles. The molecule has 1 heterocycles. The summed E-state index contributed by atoms with van der Waals surface area (Å²) in [4.78, 5) is 4.02. The SMILES string of the molecule is CCNC(Cc1ccncc1Cl)C1CC1C. The van der Waals surface area contributed by atoms with Crippen LogP contribution in [0.25, 0.3) is 0 Å². The van der Waals surface area contributed by atoms with Crippen LogP contribution >= 0.6 is 11.6 Å². The minimum absolute atomic E-state index is 0.569. The highest BCUT2D eigenvalue weighted by Gasteiger charge is 2.38. The molecule has 1 aliphatic rings. The second-order valence-corrected chi connectivity index (χ2v) is 5.12. The number of aromatic nitrogens is 1. The Morgan fingerprint density at radius 3 is 2.94 bits per heavy atom. The first-order valence-corrected chi connectivity index (χ1v) is 6.42. The number of hydrogen-bond donors (Lipinski definition) is 1. The summed E-state index contributed by atoms with van der Waals surface area (Å²) in [6, 6.07) is 2.60. The monoisotopic (exact) mass is 238 g/mol. The number of pyridine rings is 1. The summed E-state index contributed by atoms with van der Waals surface area (Å²) < 4.78 is 0. The van der Waals surface area contributed by atoms with Gasteiger partial charge in [-0.1, -0.05) is 25.4 Å². The van der Waals surface area contributed by atoms with Crippen LogP contribution in [0.3, 0.4) is 0 Å². The van der Waals surface area contributed by atoms with Crippen molar-refractivity contribution < 1.29 is 0 Å². The Kier molecular flexibility index (Phi) is 3.82. The molecule has 1 aromatic rings. The first-order valence-electron chi connectivity index (χ1n) is 6.04. The van der Waals surface area contributed by atoms with Gasteiger partial charge in [0.05, 0.1) is 5.02 Å². The van der Waals surface area contributed by atoms with Crippen molar-refractivity contribution in [3.63, 3.8) is 0 Å². The molecule has 0 saturated heterocycles. The largest absolute Gasteiger partial charge is 0.314 e. The molecule has 1 saturated carbocycles. The molecule has 3 atom stereocenters. The van der Waals surface area contributed by atoms with Gasteiger partial charge in [0, 0.05) is 18.4 Å². The Hall–Kier alpha value is -0.600. The third-order valence-corrected chi connectivity index (χ3v) is 3.79. The number of rotatable bonds is 5. The zero-order chi connectivity index (χ0) is 11.5. The van der Waals surface area contributed by atoms with Crippen LogP contribution in [-0.4, -0.2) is 17.6 Å². The molecule has 2 rings (SSSR count). The van der Waals surface area contributed by atoms with Gasteiger partial charge in [-0.2, -0.15) is 0 Å². The van der Waals surface area contributed by atoms with E-state index in [4.69, 9.17) is 11.6 Å². The number of nitrogens with one attached hydrogen (secondary N) is 1. The van der Waals surface area contributed by atoms with Gasteiger partial charge < -0.3 is 5.32 Å². The van der Waals surface area contributed by atoms with Crippen LogP contribution in [0.1, 0.15) is 25.8 Å². The van der Waals surface area contributed by atoms with Gasteiger partial charge in [-0.25, -0.2) is 0 Å². The molecule has 2 nitrogen and oxygen atoms in total. The van der Waals surface area contributed by atoms with E-state index < -0.39 is 0 Å². The highest BCUT2D eigenvalue weighted by atomic mass is 35.5. The van der Waals surface area contributed by atoms with Crippen LogP contribution in [0.5, 0.6) is 0 Å². The van der Waals surface area contributed by atoms with Crippen LogP contribution in [-0.2, 0) is 6.42 Å². The lowest BCUT2D eigenvalue weighted by atomic mass is 10.0. The second-order valence-electron chi connectivity index (χ2n) is 4.71. The van der Waals surface area contributed by atoms with E-state index in [9.17, 15) is 0 Å². The number of nitrogens with zero attached hydrogens (tertiary/aromatic N) is 1. The summed E-state index contributed by atoms with van der Waals surface area (Å²) in [5.74, 6) is 1.69. The van der Waals surface area contributed by atoms with Crippen LogP contribution < -0.4 is 5.32 Å². The van der Waals surface area contributed by atoms with Crippen molar-refractivity contribution in [1.29, 1.82) is 0 Å². The Morgan fingerprint density at radius 1 is 1.62 bits per heavy atom. The van der Waals surface area contributed by atoms with Crippen molar-refractivity contribution in [3.05, 3.63) is 29.0 Å². The Morgan fingerprint density at radius 2 is 2.38 bits per heavy atom. The molecule has 3 unspecified atom stereocenters. The molecule has 0 bridgehead atoms. The lowest BCUT2D eigenvalue weighted by molar-refractivity contribution is 0.454. The summed E-state index contributed by atoms with van der Waals surface area (Å²) in [5, 5.41) is 4.36. The fraction of sp³-hybridized carbons (Fsp3) is 0.615. The van der Waals surface area contributed by atoms with Gasteiger partial charge in [-0.15, -0.1) is 0 Å². The molecule has 1 N–H and O–H groups in total. The van der Waals surface area contributed by atoms with Crippen molar-refractivity contribution in [2.45, 2.75) is 32.7 Å². The molecule has 0 amide bonds. The van der Waals surface area contributed by atoms with Crippen molar-refractivity contribution in [2.75, 3.05) is 6.54 Å². The minimum atomic E-state index is 0.569. The van der Waals surface area contributed by atoms with Crippen LogP contribution in [0.2, 0.25) is 5.02 Å². The summed E-state index contributed by atoms with van der Waals surface area (Å²) in [7, 11) is 0. The van der Waals surface area contributed by atoms with Gasteiger partial charge in [0.2, 0.25) is 0 Å². The molecule has 0 spiro atoms. The third kappa shape index (κ3) is 2.74. The van der Waals surface area contributed by atoms with E-state index >= 15 is 0 Å². The predicted octanol–water partition coefficient (Wildman–Crippen LogP) is 2.91. The maximum absolute atomic E-state index is 6.14. The van der Waals surface area contributed by atoms with Crippen LogP contribution in [0.4, 0.5) is 0 Å². The topological polar surface area (TPSA) is 24.9 Å². The highest BCUT2D eigenvalue weighted by molar-refractivity contribution is 6.31. The number of likely N-dealkylation sites (N-methyl/N-ethyl adjacent to an activating group) is 1. The van der Waals surface area contributed by atoms with Gasteiger partial charge in [0.1, 0.15) is 0 Å². The molecule has 1 aromatic heterocycles. The van der Waals surface area contributed by atoms with Gasteiger partial charge in [-0.05, 0) is 42.9 Å². The Balaban J connectivity index is 2.03. The highest BCUT2D eigenvalue weighted by Crippen LogP contribution is 2.41. The summed E-state index contributed by atoms with van der Waals surface area (Å²) >= 11 is 6.14. The van der Waals surface area contributed by atoms with Crippen molar-refractivity contribution >= 4 is 11.6 Å². The first kappa shape index (κ1) is 11.9. The van der Waals surface area contributed by atoms with E-state index in [2.05, 4.69) is 24.1 Å². The van der Waals surface area contributed by atoms with Gasteiger partial charge in [0.25, 0.3) is 0 Å². The minimum Gasteiger partial charge on any atom is -0.314 e. The molecule has 0 radical (unpaired) electrons. The quantitative estimate of drug-likeness (QED) is 0.853. The summed E-state index contributed by atoms with van der Waals surface area (Å²) in [6.07, 6.45) is 5.92. The first-order chi connectivity index (χ1) is 7.72. The summed E-state index contributed by atoms with van der Waals surface area (Å²) in [6.45, 7) is 5.51. The molecular formula is C13H19ClN2. The van der Waals surface area contributed by atoms with Gasteiger partial charge in [-0.3, -0.25) is 4.98 Å². The molecule has 88 valence electrons. The van der Waals surface area contributed by atoms with E-state index in [1.165, 1.54) is 12.0 Å². The van der Waals surface area contributed by atoms with Crippen molar-refractivity contribution in [3.8, 4) is 0 Å². The lowest BCUT2D eigenvalue weighted by Crippen LogP contribution is -2.33. The average Bonchev–Trinajstić information content (AvgIpc) is 2.98. The standard InChI is InChI=1S/C13H19ClN2/c1-3-16-13(11-6-9(11)2)7-10-4-5-15-8-12(10)14/h4-5,8-9,11,13,16H,3,6-7H2,1-2H3. The fourth-order valence-electron chi connectivity index (χ4n) is 2.36. The molecule has 0 aromatic carbocycles. The Bertz CT molecular complexity index is 354. The maximum Gasteiger partial charge on any atom is 0.0621 e. The van der Waals surface area contributed by atoms with Crippen molar-refractivity contribution in [2.24, 2.45) is 11.8 Å². The smallest absolute Gasteiger partial charge is 0.0621 e. The van der Waals surface area contributed by atoms with Crippen LogP contribution in [0, 0.1) is 11.8 Å². The predicted molar refractivity (Wildman–Crippen MR) is 67.7 cm³/mol. The normalized spacial score (nSPS) is 25.4. The molecule has 3 heteroatoms. The number of halogens is 1. The average molecular weight is 239 g/mol. The molecule has 16 heavy (non-hydrogen) atoms. The van der Waals surface area contributed by atoms with Crippen molar-refractivity contribution in [1.82, 2.24) is 10.3 Å². The van der Waals surface area contributed by atoms with Gasteiger partial charge in [0.15, 0.2) is 0 Å². The summed E-state index contributed by atoms with van der Waals surface area (Å²) in [5.41, 5.74) is 1.21. The molecular weight excluding hydrogens is 220 g/mol. The fourth-order valence-corrected chi connectivity index (χ4v) is 2.55. The second kappa shape index (κ2) is 5.15. The van der Waals surface area contributed by atoms with Crippen LogP contribution in [0.15, 0.2) is 18.5 Å². The van der Waals surface area contributed by atoms with Gasteiger partial charge >= 0.3 is 0 Å². The van der Waals surface area contributed by atoms with E-state index in [0.717, 1.165) is 29.8 Å². The zero-order valence-corrected chi connectivity index (χ0v) is 10.7. The van der Waals surface area contributed by atoms with E-state index in [0.29, 0.717) is 6.04 Å². The number of hydrogen-bond acceptors (Lipinski definition) is 2. The zero-order valence-electron chi connectivity index (χ0n) is 9.91. The van der Waals surface area contributed by atoms with E-state index in [1.54, 1.807) is 6.20 Å².